The summed E-state index contributed by atoms with van der Waals surface area (Å²) in [6.07, 6.45) is 4.67. The lowest BCUT2D eigenvalue weighted by Crippen LogP contribution is -2.25. The van der Waals surface area contributed by atoms with Gasteiger partial charge in [-0.05, 0) is 30.2 Å². The van der Waals surface area contributed by atoms with Crippen LogP contribution < -0.4 is 5.32 Å². The van der Waals surface area contributed by atoms with Gasteiger partial charge in [-0.3, -0.25) is 4.79 Å². The van der Waals surface area contributed by atoms with Crippen molar-refractivity contribution in [1.82, 2.24) is 5.32 Å². The fourth-order valence-corrected chi connectivity index (χ4v) is 1.58. The van der Waals surface area contributed by atoms with Gasteiger partial charge >= 0.3 is 0 Å². The molecule has 1 aromatic rings. The maximum Gasteiger partial charge on any atom is 0.251 e. The number of benzene rings is 1. The third-order valence-corrected chi connectivity index (χ3v) is 2.54. The molecule has 0 aliphatic heterocycles. The Bertz CT molecular complexity index is 401. The third kappa shape index (κ3) is 4.02. The van der Waals surface area contributed by atoms with Gasteiger partial charge in [0.25, 0.3) is 5.91 Å². The first-order valence-corrected chi connectivity index (χ1v) is 5.89. The predicted octanol–water partition coefficient (Wildman–Crippen LogP) is 3.39. The number of carbonyl (C=O) groups excluding carboxylic acids is 1. The highest BCUT2D eigenvalue weighted by atomic mass is 19.1. The minimum Gasteiger partial charge on any atom is -0.352 e. The van der Waals surface area contributed by atoms with Crippen molar-refractivity contribution in [2.75, 3.05) is 6.54 Å². The highest BCUT2D eigenvalue weighted by Crippen LogP contribution is 2.12. The highest BCUT2D eigenvalue weighted by Gasteiger charge is 2.09. The smallest absolute Gasteiger partial charge is 0.251 e. The van der Waals surface area contributed by atoms with Crippen LogP contribution in [0, 0.1) is 5.82 Å². The van der Waals surface area contributed by atoms with Gasteiger partial charge in [0.15, 0.2) is 0 Å². The SMILES string of the molecule is C=Cc1cc(F)ccc1C(=O)NCCCCC. The number of rotatable bonds is 6. The Hall–Kier alpha value is -1.64. The van der Waals surface area contributed by atoms with Crippen LogP contribution in [0.3, 0.4) is 0 Å². The van der Waals surface area contributed by atoms with E-state index >= 15 is 0 Å². The van der Waals surface area contributed by atoms with Gasteiger partial charge < -0.3 is 5.32 Å². The van der Waals surface area contributed by atoms with Crippen LogP contribution in [-0.4, -0.2) is 12.5 Å². The molecule has 1 aromatic carbocycles. The van der Waals surface area contributed by atoms with Crippen molar-refractivity contribution >= 4 is 12.0 Å². The van der Waals surface area contributed by atoms with E-state index in [4.69, 9.17) is 0 Å². The molecule has 0 atom stereocenters. The van der Waals surface area contributed by atoms with E-state index in [0.29, 0.717) is 17.7 Å². The molecule has 1 amide bonds. The predicted molar refractivity (Wildman–Crippen MR) is 68.3 cm³/mol. The van der Waals surface area contributed by atoms with Crippen molar-refractivity contribution < 1.29 is 9.18 Å². The molecule has 0 aliphatic rings. The maximum absolute atomic E-state index is 13.0. The van der Waals surface area contributed by atoms with E-state index in [9.17, 15) is 9.18 Å². The second-order valence-electron chi connectivity index (χ2n) is 3.90. The second-order valence-corrected chi connectivity index (χ2v) is 3.90. The minimum atomic E-state index is -0.359. The molecule has 0 fully saturated rings. The van der Waals surface area contributed by atoms with E-state index in [1.807, 2.05) is 0 Å². The molecule has 0 aromatic heterocycles. The number of unbranched alkanes of at least 4 members (excludes halogenated alkanes) is 2. The van der Waals surface area contributed by atoms with Crippen molar-refractivity contribution in [3.05, 3.63) is 41.7 Å². The van der Waals surface area contributed by atoms with Crippen molar-refractivity contribution in [3.63, 3.8) is 0 Å². The van der Waals surface area contributed by atoms with Crippen molar-refractivity contribution in [3.8, 4) is 0 Å². The topological polar surface area (TPSA) is 29.1 Å². The van der Waals surface area contributed by atoms with E-state index in [-0.39, 0.29) is 11.7 Å². The minimum absolute atomic E-state index is 0.170. The van der Waals surface area contributed by atoms with Crippen LogP contribution in [-0.2, 0) is 0 Å². The highest BCUT2D eigenvalue weighted by molar-refractivity contribution is 5.97. The summed E-state index contributed by atoms with van der Waals surface area (Å²) in [6.45, 7) is 6.34. The fourth-order valence-electron chi connectivity index (χ4n) is 1.58. The first-order chi connectivity index (χ1) is 8.19. The molecule has 3 heteroatoms. The van der Waals surface area contributed by atoms with Gasteiger partial charge in [-0.25, -0.2) is 4.39 Å². The largest absolute Gasteiger partial charge is 0.352 e. The van der Waals surface area contributed by atoms with Crippen LogP contribution in [0.2, 0.25) is 0 Å². The molecule has 0 unspecified atom stereocenters. The molecule has 0 radical (unpaired) electrons. The van der Waals surface area contributed by atoms with E-state index in [2.05, 4.69) is 18.8 Å². The van der Waals surface area contributed by atoms with E-state index in [1.54, 1.807) is 0 Å². The molecular weight excluding hydrogens is 217 g/mol. The molecule has 0 saturated carbocycles. The van der Waals surface area contributed by atoms with Gasteiger partial charge in [0.05, 0.1) is 0 Å². The molecule has 0 heterocycles. The Morgan fingerprint density at radius 3 is 2.88 bits per heavy atom. The lowest BCUT2D eigenvalue weighted by Gasteiger charge is -2.07. The van der Waals surface area contributed by atoms with Crippen molar-refractivity contribution in [2.45, 2.75) is 26.2 Å². The van der Waals surface area contributed by atoms with Gasteiger partial charge in [0.1, 0.15) is 5.82 Å². The van der Waals surface area contributed by atoms with Gasteiger partial charge in [0.2, 0.25) is 0 Å². The first-order valence-electron chi connectivity index (χ1n) is 5.89. The van der Waals surface area contributed by atoms with Gasteiger partial charge in [-0.1, -0.05) is 32.4 Å². The summed E-state index contributed by atoms with van der Waals surface area (Å²) in [4.78, 5) is 11.8. The number of halogens is 1. The van der Waals surface area contributed by atoms with Gasteiger partial charge in [-0.15, -0.1) is 0 Å². The summed E-state index contributed by atoms with van der Waals surface area (Å²) in [7, 11) is 0. The lowest BCUT2D eigenvalue weighted by atomic mass is 10.1. The first kappa shape index (κ1) is 13.4. The maximum atomic E-state index is 13.0. The number of hydrogen-bond donors (Lipinski definition) is 1. The molecule has 92 valence electrons. The van der Waals surface area contributed by atoms with Crippen molar-refractivity contribution in [2.24, 2.45) is 0 Å². The fraction of sp³-hybridized carbons (Fsp3) is 0.357. The zero-order valence-corrected chi connectivity index (χ0v) is 10.1. The molecule has 0 spiro atoms. The Morgan fingerprint density at radius 1 is 1.47 bits per heavy atom. The average Bonchev–Trinajstić information content (AvgIpc) is 2.34. The summed E-state index contributed by atoms with van der Waals surface area (Å²) in [6, 6.07) is 4.09. The molecule has 0 saturated heterocycles. The average molecular weight is 235 g/mol. The van der Waals surface area contributed by atoms with Crippen LogP contribution in [0.25, 0.3) is 6.08 Å². The van der Waals surface area contributed by atoms with Crippen LogP contribution >= 0.6 is 0 Å². The normalized spacial score (nSPS) is 10.0. The molecule has 17 heavy (non-hydrogen) atoms. The zero-order valence-electron chi connectivity index (χ0n) is 10.1. The molecule has 1 N–H and O–H groups in total. The number of nitrogens with one attached hydrogen (secondary N) is 1. The number of carbonyl (C=O) groups is 1. The summed E-state index contributed by atoms with van der Waals surface area (Å²) in [5, 5.41) is 2.82. The molecular formula is C14H18FNO. The Kier molecular flexibility index (Phi) is 5.40. The van der Waals surface area contributed by atoms with E-state index < -0.39 is 0 Å². The second kappa shape index (κ2) is 6.84. The zero-order chi connectivity index (χ0) is 12.7. The number of amides is 1. The molecule has 0 bridgehead atoms. The summed E-state index contributed by atoms with van der Waals surface area (Å²) < 4.78 is 13.0. The van der Waals surface area contributed by atoms with Crippen molar-refractivity contribution in [1.29, 1.82) is 0 Å². The third-order valence-electron chi connectivity index (χ3n) is 2.54. The van der Waals surface area contributed by atoms with Crippen LogP contribution in [0.15, 0.2) is 24.8 Å². The van der Waals surface area contributed by atoms with Crippen LogP contribution in [0.1, 0.15) is 42.1 Å². The van der Waals surface area contributed by atoms with Crippen LogP contribution in [0.5, 0.6) is 0 Å². The standard InChI is InChI=1S/C14H18FNO/c1-3-5-6-9-16-14(17)13-8-7-12(15)10-11(13)4-2/h4,7-8,10H,2-3,5-6,9H2,1H3,(H,16,17). The summed E-state index contributed by atoms with van der Waals surface area (Å²) >= 11 is 0. The summed E-state index contributed by atoms with van der Waals surface area (Å²) in [5.41, 5.74) is 0.996. The lowest BCUT2D eigenvalue weighted by molar-refractivity contribution is 0.0953. The van der Waals surface area contributed by atoms with Gasteiger partial charge in [-0.2, -0.15) is 0 Å². The molecule has 0 aliphatic carbocycles. The Balaban J connectivity index is 2.65. The Morgan fingerprint density at radius 2 is 2.24 bits per heavy atom. The van der Waals surface area contributed by atoms with E-state index in [1.165, 1.54) is 24.3 Å². The Labute approximate surface area is 102 Å². The van der Waals surface area contributed by atoms with Crippen LogP contribution in [0.4, 0.5) is 4.39 Å². The number of hydrogen-bond acceptors (Lipinski definition) is 1. The molecule has 1 rings (SSSR count). The van der Waals surface area contributed by atoms with Gasteiger partial charge in [0, 0.05) is 12.1 Å². The van der Waals surface area contributed by atoms with E-state index in [0.717, 1.165) is 19.3 Å². The molecule has 2 nitrogen and oxygen atoms in total. The summed E-state index contributed by atoms with van der Waals surface area (Å²) in [5.74, 6) is -0.529. The quantitative estimate of drug-likeness (QED) is 0.752. The monoisotopic (exact) mass is 235 g/mol.